The Hall–Kier alpha value is -3.71. The highest BCUT2D eigenvalue weighted by molar-refractivity contribution is 7.92. The van der Waals surface area contributed by atoms with Crippen LogP contribution in [0.1, 0.15) is 92.9 Å². The van der Waals surface area contributed by atoms with Gasteiger partial charge in [-0.25, -0.2) is 18.1 Å². The fourth-order valence-electron chi connectivity index (χ4n) is 7.03. The molecule has 0 amide bonds. The van der Waals surface area contributed by atoms with Crippen molar-refractivity contribution in [3.05, 3.63) is 100 Å². The van der Waals surface area contributed by atoms with E-state index in [2.05, 4.69) is 68.6 Å². The van der Waals surface area contributed by atoms with Gasteiger partial charge < -0.3 is 4.74 Å². The van der Waals surface area contributed by atoms with E-state index in [-0.39, 0.29) is 34.2 Å². The van der Waals surface area contributed by atoms with Crippen molar-refractivity contribution in [1.82, 2.24) is 9.97 Å². The van der Waals surface area contributed by atoms with Crippen molar-refractivity contribution >= 4 is 16.0 Å². The van der Waals surface area contributed by atoms with Crippen molar-refractivity contribution in [1.29, 1.82) is 0 Å². The van der Waals surface area contributed by atoms with E-state index in [0.29, 0.717) is 17.5 Å². The van der Waals surface area contributed by atoms with Gasteiger partial charge in [0.1, 0.15) is 6.10 Å². The molecule has 1 aliphatic heterocycles. The van der Waals surface area contributed by atoms with Crippen molar-refractivity contribution in [2.75, 3.05) is 4.72 Å². The van der Waals surface area contributed by atoms with Gasteiger partial charge in [0.25, 0.3) is 10.0 Å². The van der Waals surface area contributed by atoms with Crippen LogP contribution in [0.15, 0.2) is 71.6 Å². The molecule has 3 atom stereocenters. The molecule has 3 aromatic carbocycles. The highest BCUT2D eigenvalue weighted by atomic mass is 32.2. The average Bonchev–Trinajstić information content (AvgIpc) is 3.08. The monoisotopic (exact) mass is 609 g/mol. The molecule has 0 saturated heterocycles. The van der Waals surface area contributed by atoms with Gasteiger partial charge in [0.2, 0.25) is 11.8 Å². The van der Waals surface area contributed by atoms with Crippen LogP contribution in [0.2, 0.25) is 0 Å². The Morgan fingerprint density at radius 1 is 0.955 bits per heavy atom. The molecule has 6 bridgehead atoms. The summed E-state index contributed by atoms with van der Waals surface area (Å²) in [5.74, 6) is 0.979. The van der Waals surface area contributed by atoms with Crippen LogP contribution in [0, 0.1) is 25.7 Å². The van der Waals surface area contributed by atoms with E-state index in [1.165, 1.54) is 16.7 Å². The second-order valence-corrected chi connectivity index (χ2v) is 15.7. The number of hydrogen-bond acceptors (Lipinski definition) is 5. The number of nitrogens with one attached hydrogen (secondary N) is 1. The maximum absolute atomic E-state index is 13.7. The van der Waals surface area contributed by atoms with E-state index in [9.17, 15) is 8.42 Å². The first kappa shape index (κ1) is 30.3. The van der Waals surface area contributed by atoms with Crippen molar-refractivity contribution in [3.63, 3.8) is 0 Å². The Morgan fingerprint density at radius 3 is 2.39 bits per heavy atom. The van der Waals surface area contributed by atoms with Crippen LogP contribution in [-0.4, -0.2) is 18.4 Å². The minimum atomic E-state index is -3.95. The van der Waals surface area contributed by atoms with Crippen LogP contribution in [-0.2, 0) is 21.9 Å². The van der Waals surface area contributed by atoms with Crippen LogP contribution < -0.4 is 9.46 Å². The summed E-state index contributed by atoms with van der Waals surface area (Å²) >= 11 is 0. The summed E-state index contributed by atoms with van der Waals surface area (Å²) in [6, 6.07) is 22.2. The molecule has 0 fully saturated rings. The SMILES string of the molecule is Cc1cccc(C)c1-c1cc2nc(n1)NS(=O)(=O)c1cccc(c1)C1CCc3cc(C(C)(C)C)ccc3[C@@H](O2)[C@H]1CC(C)C. The molecule has 230 valence electrons. The summed E-state index contributed by atoms with van der Waals surface area (Å²) in [5, 5.41) is 0. The van der Waals surface area contributed by atoms with Crippen molar-refractivity contribution in [3.8, 4) is 17.1 Å². The molecule has 0 radical (unpaired) electrons. The summed E-state index contributed by atoms with van der Waals surface area (Å²) in [7, 11) is -3.95. The maximum atomic E-state index is 13.7. The van der Waals surface area contributed by atoms with Gasteiger partial charge in [-0.05, 0) is 95.9 Å². The molecular formula is C37H43N3O3S. The third kappa shape index (κ3) is 5.86. The largest absolute Gasteiger partial charge is 0.469 e. The Kier molecular flexibility index (Phi) is 7.81. The molecule has 1 aliphatic carbocycles. The Labute approximate surface area is 262 Å². The zero-order chi connectivity index (χ0) is 31.4. The highest BCUT2D eigenvalue weighted by Gasteiger charge is 2.39. The average molecular weight is 610 g/mol. The summed E-state index contributed by atoms with van der Waals surface area (Å²) in [4.78, 5) is 9.63. The Bertz CT molecular complexity index is 1800. The molecule has 7 heteroatoms. The van der Waals surface area contributed by atoms with Crippen LogP contribution >= 0.6 is 0 Å². The fourth-order valence-corrected chi connectivity index (χ4v) is 8.03. The number of sulfonamides is 1. The number of benzene rings is 3. The van der Waals surface area contributed by atoms with E-state index in [0.717, 1.165) is 41.5 Å². The molecule has 44 heavy (non-hydrogen) atoms. The summed E-state index contributed by atoms with van der Waals surface area (Å²) in [5.41, 5.74) is 8.49. The first-order chi connectivity index (χ1) is 20.8. The predicted octanol–water partition coefficient (Wildman–Crippen LogP) is 8.68. The molecule has 6 rings (SSSR count). The number of aryl methyl sites for hydroxylation is 3. The van der Waals surface area contributed by atoms with Crippen LogP contribution in [0.5, 0.6) is 5.88 Å². The molecule has 1 N–H and O–H groups in total. The van der Waals surface area contributed by atoms with E-state index < -0.39 is 10.0 Å². The highest BCUT2D eigenvalue weighted by Crippen LogP contribution is 2.48. The Morgan fingerprint density at radius 2 is 1.68 bits per heavy atom. The van der Waals surface area contributed by atoms with Gasteiger partial charge in [-0.3, -0.25) is 0 Å². The lowest BCUT2D eigenvalue weighted by atomic mass is 9.76. The van der Waals surface area contributed by atoms with E-state index in [4.69, 9.17) is 9.72 Å². The van der Waals surface area contributed by atoms with Gasteiger partial charge in [0, 0.05) is 17.5 Å². The van der Waals surface area contributed by atoms with Crippen molar-refractivity contribution < 1.29 is 13.2 Å². The second kappa shape index (κ2) is 11.3. The van der Waals surface area contributed by atoms with Gasteiger partial charge in [0.05, 0.1) is 10.6 Å². The van der Waals surface area contributed by atoms with Crippen molar-refractivity contribution in [2.45, 2.75) is 90.1 Å². The molecule has 4 aromatic rings. The maximum Gasteiger partial charge on any atom is 0.264 e. The number of ether oxygens (including phenoxy) is 1. The number of nitrogens with zero attached hydrogens (tertiary/aromatic N) is 2. The summed E-state index contributed by atoms with van der Waals surface area (Å²) in [6.45, 7) is 15.3. The smallest absolute Gasteiger partial charge is 0.264 e. The lowest BCUT2D eigenvalue weighted by Crippen LogP contribution is -2.27. The van der Waals surface area contributed by atoms with Gasteiger partial charge in [-0.2, -0.15) is 4.98 Å². The predicted molar refractivity (Wildman–Crippen MR) is 177 cm³/mol. The van der Waals surface area contributed by atoms with Crippen molar-refractivity contribution in [2.24, 2.45) is 11.8 Å². The molecule has 1 aromatic heterocycles. The number of aromatic nitrogens is 2. The first-order valence-corrected chi connectivity index (χ1v) is 17.2. The van der Waals surface area contributed by atoms with Crippen LogP contribution in [0.4, 0.5) is 5.95 Å². The second-order valence-electron chi connectivity index (χ2n) is 14.0. The van der Waals surface area contributed by atoms with Gasteiger partial charge in [-0.1, -0.05) is 83.1 Å². The molecule has 0 saturated carbocycles. The molecule has 2 aliphatic rings. The molecule has 0 spiro atoms. The fraction of sp³-hybridized carbons (Fsp3) is 0.405. The standard InChI is InChI=1S/C37H43N3O3S/c1-22(2)18-31-29-16-14-26-19-27(37(5,6)7)15-17-30(26)35(31)43-33-21-32(34-23(3)10-8-11-24(34)4)38-36(39-33)40-44(41,42)28-13-9-12-25(29)20-28/h8-13,15,17,19-22,29,31,35H,14,16,18H2,1-7H3,(H,38,39,40)/t29?,31-,35+/m0/s1. The molecular weight excluding hydrogens is 566 g/mol. The first-order valence-electron chi connectivity index (χ1n) is 15.7. The normalized spacial score (nSPS) is 20.8. The van der Waals surface area contributed by atoms with Crippen LogP contribution in [0.25, 0.3) is 11.3 Å². The number of fused-ring (bicyclic) bond motifs is 9. The van der Waals surface area contributed by atoms with Gasteiger partial charge in [-0.15, -0.1) is 0 Å². The third-order valence-corrected chi connectivity index (χ3v) is 10.5. The zero-order valence-electron chi connectivity index (χ0n) is 26.8. The Balaban J connectivity index is 1.62. The number of rotatable bonds is 3. The summed E-state index contributed by atoms with van der Waals surface area (Å²) in [6.07, 6.45) is 2.43. The van der Waals surface area contributed by atoms with Gasteiger partial charge in [0.15, 0.2) is 0 Å². The van der Waals surface area contributed by atoms with Crippen LogP contribution in [0.3, 0.4) is 0 Å². The van der Waals surface area contributed by atoms with E-state index in [1.54, 1.807) is 6.07 Å². The van der Waals surface area contributed by atoms with Gasteiger partial charge >= 0.3 is 0 Å². The third-order valence-electron chi connectivity index (χ3n) is 9.20. The minimum absolute atomic E-state index is 0.0000140. The number of hydrogen-bond donors (Lipinski definition) is 1. The molecule has 1 unspecified atom stereocenters. The molecule has 2 heterocycles. The van der Waals surface area contributed by atoms with E-state index >= 15 is 0 Å². The van der Waals surface area contributed by atoms with E-state index in [1.807, 2.05) is 50.2 Å². The number of anilines is 1. The molecule has 6 nitrogen and oxygen atoms in total. The lowest BCUT2D eigenvalue weighted by molar-refractivity contribution is 0.0977. The minimum Gasteiger partial charge on any atom is -0.469 e. The lowest BCUT2D eigenvalue weighted by Gasteiger charge is -2.34. The zero-order valence-corrected chi connectivity index (χ0v) is 27.6. The quantitative estimate of drug-likeness (QED) is 0.251. The topological polar surface area (TPSA) is 81.2 Å². The summed E-state index contributed by atoms with van der Waals surface area (Å²) < 4.78 is 37.2.